The first kappa shape index (κ1) is 20.4. The highest BCUT2D eigenvalue weighted by Gasteiger charge is 2.20. The van der Waals surface area contributed by atoms with Crippen molar-refractivity contribution in [2.24, 2.45) is 0 Å². The largest absolute Gasteiger partial charge is 0.414 e. The van der Waals surface area contributed by atoms with Crippen molar-refractivity contribution in [1.82, 2.24) is 20.2 Å². The van der Waals surface area contributed by atoms with Crippen molar-refractivity contribution in [2.45, 2.75) is 37.8 Å². The topological polar surface area (TPSA) is 98.8 Å². The summed E-state index contributed by atoms with van der Waals surface area (Å²) in [4.78, 5) is 11.4. The van der Waals surface area contributed by atoms with Crippen LogP contribution in [0.4, 0.5) is 0 Å². The maximum absolute atomic E-state index is 12.3. The van der Waals surface area contributed by atoms with E-state index in [0.29, 0.717) is 28.9 Å². The minimum atomic E-state index is -3.32. The van der Waals surface area contributed by atoms with Crippen LogP contribution in [0.15, 0.2) is 51.9 Å². The third-order valence-corrected chi connectivity index (χ3v) is 7.79. The average molecular weight is 441 g/mol. The molecule has 30 heavy (non-hydrogen) atoms. The number of hydrogen-bond acceptors (Lipinski definition) is 8. The van der Waals surface area contributed by atoms with Gasteiger partial charge in [-0.15, -0.1) is 21.5 Å². The Labute approximate surface area is 178 Å². The molecule has 9 heteroatoms. The van der Waals surface area contributed by atoms with Crippen LogP contribution in [0.3, 0.4) is 0 Å². The van der Waals surface area contributed by atoms with Crippen LogP contribution >= 0.6 is 11.3 Å². The highest BCUT2D eigenvalue weighted by molar-refractivity contribution is 7.92. The summed E-state index contributed by atoms with van der Waals surface area (Å²) >= 11 is 1.58. The van der Waals surface area contributed by atoms with E-state index >= 15 is 0 Å². The molecule has 0 unspecified atom stereocenters. The van der Waals surface area contributed by atoms with Crippen molar-refractivity contribution in [3.8, 4) is 33.6 Å². The Morgan fingerprint density at radius 1 is 0.967 bits per heavy atom. The van der Waals surface area contributed by atoms with Crippen molar-refractivity contribution in [3.63, 3.8) is 0 Å². The molecule has 154 valence electrons. The zero-order valence-electron chi connectivity index (χ0n) is 16.9. The lowest BCUT2D eigenvalue weighted by atomic mass is 10.1. The number of rotatable bonds is 5. The van der Waals surface area contributed by atoms with E-state index in [1.807, 2.05) is 26.0 Å². The Morgan fingerprint density at radius 3 is 2.30 bits per heavy atom. The van der Waals surface area contributed by atoms with Crippen LogP contribution in [0.5, 0.6) is 0 Å². The Morgan fingerprint density at radius 2 is 1.67 bits per heavy atom. The van der Waals surface area contributed by atoms with E-state index in [1.165, 1.54) is 0 Å². The summed E-state index contributed by atoms with van der Waals surface area (Å²) in [6.45, 7) is 7.17. The van der Waals surface area contributed by atoms with Gasteiger partial charge in [0.25, 0.3) is 11.8 Å². The number of hydrogen-bond donors (Lipinski definition) is 0. The van der Waals surface area contributed by atoms with Crippen LogP contribution in [0.1, 0.15) is 24.4 Å². The summed E-state index contributed by atoms with van der Waals surface area (Å²) in [6, 6.07) is 10.6. The van der Waals surface area contributed by atoms with Gasteiger partial charge in [-0.1, -0.05) is 12.1 Å². The lowest BCUT2D eigenvalue weighted by molar-refractivity contribution is 0.582. The average Bonchev–Trinajstić information content (AvgIpc) is 3.37. The molecular formula is C21H20N4O3S2. The number of nitrogens with zero attached hydrogens (tertiary/aromatic N) is 4. The molecule has 0 amide bonds. The Bertz CT molecular complexity index is 1310. The van der Waals surface area contributed by atoms with Gasteiger partial charge >= 0.3 is 0 Å². The lowest BCUT2D eigenvalue weighted by Gasteiger charge is -2.09. The summed E-state index contributed by atoms with van der Waals surface area (Å²) in [5.74, 6) is 0.736. The third-order valence-electron chi connectivity index (χ3n) is 4.63. The maximum atomic E-state index is 12.3. The number of benzene rings is 1. The highest BCUT2D eigenvalue weighted by Crippen LogP contribution is 2.30. The van der Waals surface area contributed by atoms with Crippen LogP contribution in [0, 0.1) is 13.8 Å². The van der Waals surface area contributed by atoms with Gasteiger partial charge in [0.15, 0.2) is 9.84 Å². The van der Waals surface area contributed by atoms with Crippen molar-refractivity contribution in [2.75, 3.05) is 0 Å². The van der Waals surface area contributed by atoms with Crippen LogP contribution < -0.4 is 0 Å². The smallest absolute Gasteiger partial charge is 0.268 e. The Balaban J connectivity index is 1.68. The minimum Gasteiger partial charge on any atom is -0.414 e. The van der Waals surface area contributed by atoms with Crippen LogP contribution in [0.2, 0.25) is 0 Å². The van der Waals surface area contributed by atoms with E-state index in [-0.39, 0.29) is 4.90 Å². The molecule has 0 atom stereocenters. The second-order valence-corrected chi connectivity index (χ2v) is 10.9. The molecule has 1 aromatic carbocycles. The second kappa shape index (κ2) is 7.73. The first-order valence-electron chi connectivity index (χ1n) is 9.34. The predicted molar refractivity (Wildman–Crippen MR) is 116 cm³/mol. The molecule has 0 spiro atoms. The van der Waals surface area contributed by atoms with Crippen molar-refractivity contribution >= 4 is 21.2 Å². The van der Waals surface area contributed by atoms with Gasteiger partial charge in [0.2, 0.25) is 0 Å². The molecule has 0 radical (unpaired) electrons. The van der Waals surface area contributed by atoms with Gasteiger partial charge in [-0.2, -0.15) is 0 Å². The molecule has 0 fully saturated rings. The molecule has 0 aliphatic carbocycles. The first-order valence-corrected chi connectivity index (χ1v) is 11.7. The van der Waals surface area contributed by atoms with E-state index in [1.54, 1.807) is 55.6 Å². The number of aromatic nitrogens is 4. The number of aryl methyl sites for hydroxylation is 2. The monoisotopic (exact) mass is 440 g/mol. The van der Waals surface area contributed by atoms with Crippen molar-refractivity contribution < 1.29 is 12.8 Å². The fourth-order valence-corrected chi connectivity index (χ4v) is 4.70. The van der Waals surface area contributed by atoms with Gasteiger partial charge in [0.1, 0.15) is 5.69 Å². The van der Waals surface area contributed by atoms with Crippen molar-refractivity contribution in [1.29, 1.82) is 0 Å². The maximum Gasteiger partial charge on any atom is 0.268 e. The molecule has 0 saturated carbocycles. The molecule has 0 bridgehead atoms. The van der Waals surface area contributed by atoms with E-state index in [9.17, 15) is 8.42 Å². The quantitative estimate of drug-likeness (QED) is 0.443. The van der Waals surface area contributed by atoms with Gasteiger partial charge in [0.05, 0.1) is 32.6 Å². The van der Waals surface area contributed by atoms with Gasteiger partial charge in [-0.3, -0.25) is 4.98 Å². The van der Waals surface area contributed by atoms with Gasteiger partial charge in [-0.05, 0) is 52.0 Å². The highest BCUT2D eigenvalue weighted by atomic mass is 32.2. The zero-order valence-corrected chi connectivity index (χ0v) is 18.6. The number of thiophene rings is 1. The van der Waals surface area contributed by atoms with Crippen LogP contribution in [-0.2, 0) is 9.84 Å². The standard InChI is InChI=1S/C21H20N4O3S2/c1-12(2)30(26,27)16-8-6-15(7-9-16)17-11-22-14(4)19(23-17)21-25-24-20(28-21)18-10-5-13(3)29-18/h5-12H,1-4H3. The first-order chi connectivity index (χ1) is 14.3. The fraction of sp³-hybridized carbons (Fsp3) is 0.238. The fourth-order valence-electron chi connectivity index (χ4n) is 2.85. The zero-order chi connectivity index (χ0) is 21.5. The molecule has 4 rings (SSSR count). The van der Waals surface area contributed by atoms with E-state index in [2.05, 4.69) is 20.2 Å². The SMILES string of the molecule is Cc1ccc(-c2nnc(-c3nc(-c4ccc(S(=O)(=O)C(C)C)cc4)cnc3C)o2)s1. The number of sulfone groups is 1. The van der Waals surface area contributed by atoms with Gasteiger partial charge < -0.3 is 4.42 Å². The van der Waals surface area contributed by atoms with E-state index in [0.717, 1.165) is 15.3 Å². The molecule has 4 aromatic rings. The normalized spacial score (nSPS) is 11.9. The Kier molecular flexibility index (Phi) is 5.25. The molecule has 0 saturated heterocycles. The van der Waals surface area contributed by atoms with Crippen LogP contribution in [-0.4, -0.2) is 33.8 Å². The summed E-state index contributed by atoms with van der Waals surface area (Å²) < 4.78 is 30.5. The predicted octanol–water partition coefficient (Wildman–Crippen LogP) is 4.72. The van der Waals surface area contributed by atoms with Crippen LogP contribution in [0.25, 0.3) is 33.6 Å². The Hall–Kier alpha value is -2.91. The molecule has 0 aliphatic rings. The summed E-state index contributed by atoms with van der Waals surface area (Å²) in [5.41, 5.74) is 2.50. The van der Waals surface area contributed by atoms with E-state index in [4.69, 9.17) is 4.42 Å². The molecule has 7 nitrogen and oxygen atoms in total. The molecule has 0 N–H and O–H groups in total. The van der Waals surface area contributed by atoms with Crippen molar-refractivity contribution in [3.05, 3.63) is 53.2 Å². The third kappa shape index (κ3) is 3.78. The molecular weight excluding hydrogens is 420 g/mol. The molecule has 3 aromatic heterocycles. The minimum absolute atomic E-state index is 0.286. The van der Waals surface area contributed by atoms with Gasteiger partial charge in [-0.25, -0.2) is 13.4 Å². The van der Waals surface area contributed by atoms with E-state index < -0.39 is 15.1 Å². The summed E-state index contributed by atoms with van der Waals surface area (Å²) in [7, 11) is -3.32. The second-order valence-electron chi connectivity index (χ2n) is 7.13. The van der Waals surface area contributed by atoms with Gasteiger partial charge in [0, 0.05) is 10.4 Å². The molecule has 3 heterocycles. The summed E-state index contributed by atoms with van der Waals surface area (Å²) in [5, 5.41) is 7.80. The lowest BCUT2D eigenvalue weighted by Crippen LogP contribution is -2.13. The summed E-state index contributed by atoms with van der Waals surface area (Å²) in [6.07, 6.45) is 1.64. The molecule has 0 aliphatic heterocycles.